The predicted octanol–water partition coefficient (Wildman–Crippen LogP) is 1.63. The lowest BCUT2D eigenvalue weighted by atomic mass is 10.0. The maximum atomic E-state index is 11.8. The number of aliphatic carboxylic acids is 1. The smallest absolute Gasteiger partial charge is 0.347 e. The van der Waals surface area contributed by atoms with Gasteiger partial charge in [0, 0.05) is 7.11 Å². The van der Waals surface area contributed by atoms with Gasteiger partial charge in [0.2, 0.25) is 0 Å². The van der Waals surface area contributed by atoms with Gasteiger partial charge in [0.1, 0.15) is 22.6 Å². The fraction of sp³-hybridized carbons (Fsp3) is 0.200. The number of carboxylic acid groups (broad SMARTS) is 1. The summed E-state index contributed by atoms with van der Waals surface area (Å²) in [6.07, 6.45) is 1.06. The summed E-state index contributed by atoms with van der Waals surface area (Å²) in [5.74, 6) is -1.68. The molecule has 0 bridgehead atoms. The summed E-state index contributed by atoms with van der Waals surface area (Å²) < 4.78 is 9.62. The van der Waals surface area contributed by atoms with Crippen LogP contribution in [0.1, 0.15) is 11.3 Å². The number of benzene rings is 1. The van der Waals surface area contributed by atoms with E-state index in [2.05, 4.69) is 0 Å². The highest BCUT2D eigenvalue weighted by molar-refractivity contribution is 5.93. The highest BCUT2D eigenvalue weighted by atomic mass is 16.5. The first-order valence-corrected chi connectivity index (χ1v) is 6.28. The molecule has 0 saturated carbocycles. The number of carboxylic acids is 1. The molecule has 0 amide bonds. The molecule has 22 heavy (non-hydrogen) atoms. The van der Waals surface area contributed by atoms with Crippen LogP contribution in [0.25, 0.3) is 16.8 Å². The first kappa shape index (κ1) is 15.6. The lowest BCUT2D eigenvalue weighted by Gasteiger charge is -2.08. The van der Waals surface area contributed by atoms with Gasteiger partial charge in [-0.1, -0.05) is 0 Å². The second kappa shape index (κ2) is 5.90. The Morgan fingerprint density at radius 3 is 2.64 bits per heavy atom. The molecule has 0 fully saturated rings. The molecule has 0 aliphatic rings. The third-order valence-corrected chi connectivity index (χ3v) is 3.10. The molecule has 7 nitrogen and oxygen atoms in total. The maximum Gasteiger partial charge on any atom is 0.347 e. The van der Waals surface area contributed by atoms with E-state index < -0.39 is 23.4 Å². The Hall–Kier alpha value is -2.80. The van der Waals surface area contributed by atoms with Gasteiger partial charge in [-0.15, -0.1) is 0 Å². The zero-order chi connectivity index (χ0) is 16.4. The molecular formula is C15H14O7. The van der Waals surface area contributed by atoms with Gasteiger partial charge in [0.15, 0.2) is 6.10 Å². The normalized spacial score (nSPS) is 12.8. The van der Waals surface area contributed by atoms with Crippen LogP contribution in [0.4, 0.5) is 0 Å². The summed E-state index contributed by atoms with van der Waals surface area (Å²) in [5, 5.41) is 29.2. The minimum atomic E-state index is -1.25. The molecule has 0 unspecified atom stereocenters. The Morgan fingerprint density at radius 2 is 2.05 bits per heavy atom. The lowest BCUT2D eigenvalue weighted by molar-refractivity contribution is -0.145. The van der Waals surface area contributed by atoms with E-state index in [1.807, 2.05) is 0 Å². The first-order chi connectivity index (χ1) is 10.3. The van der Waals surface area contributed by atoms with Gasteiger partial charge in [-0.05, 0) is 36.6 Å². The van der Waals surface area contributed by atoms with Gasteiger partial charge in [-0.2, -0.15) is 0 Å². The number of hydrogen-bond donors (Lipinski definition) is 3. The molecule has 2 rings (SSSR count). The molecule has 1 atom stereocenters. The van der Waals surface area contributed by atoms with Gasteiger partial charge in [0.25, 0.3) is 0 Å². The Labute approximate surface area is 124 Å². The van der Waals surface area contributed by atoms with E-state index in [0.29, 0.717) is 11.1 Å². The largest absolute Gasteiger partial charge is 0.507 e. The fourth-order valence-electron chi connectivity index (χ4n) is 2.07. The Balaban J connectivity index is 2.63. The molecule has 2 aromatic rings. The Morgan fingerprint density at radius 1 is 1.36 bits per heavy atom. The zero-order valence-corrected chi connectivity index (χ0v) is 11.9. The predicted molar refractivity (Wildman–Crippen MR) is 78.0 cm³/mol. The molecule has 0 saturated heterocycles. The van der Waals surface area contributed by atoms with Crippen molar-refractivity contribution < 1.29 is 29.3 Å². The van der Waals surface area contributed by atoms with E-state index >= 15 is 0 Å². The van der Waals surface area contributed by atoms with Crippen molar-refractivity contribution in [3.8, 4) is 11.5 Å². The van der Waals surface area contributed by atoms with Crippen LogP contribution in [-0.2, 0) is 9.53 Å². The van der Waals surface area contributed by atoms with Crippen molar-refractivity contribution in [3.63, 3.8) is 0 Å². The third-order valence-electron chi connectivity index (χ3n) is 3.10. The molecule has 116 valence electrons. The van der Waals surface area contributed by atoms with E-state index in [0.717, 1.165) is 6.08 Å². The van der Waals surface area contributed by atoms with Crippen molar-refractivity contribution in [2.75, 3.05) is 7.11 Å². The SMILES string of the molecule is CO[C@@H](C=Cc1c(O)cc2cc(C)oc(=O)c2c1O)C(=O)O. The van der Waals surface area contributed by atoms with Crippen LogP contribution in [0.15, 0.2) is 27.4 Å². The van der Waals surface area contributed by atoms with Crippen LogP contribution in [0, 0.1) is 6.92 Å². The second-order valence-electron chi connectivity index (χ2n) is 4.62. The van der Waals surface area contributed by atoms with Crippen molar-refractivity contribution in [2.45, 2.75) is 13.0 Å². The quantitative estimate of drug-likeness (QED) is 0.785. The molecule has 1 aromatic carbocycles. The molecule has 0 aliphatic heterocycles. The van der Waals surface area contributed by atoms with Gasteiger partial charge in [-0.3, -0.25) is 0 Å². The second-order valence-corrected chi connectivity index (χ2v) is 4.62. The van der Waals surface area contributed by atoms with Crippen LogP contribution in [0.2, 0.25) is 0 Å². The minimum Gasteiger partial charge on any atom is -0.507 e. The van der Waals surface area contributed by atoms with Gasteiger partial charge in [-0.25, -0.2) is 9.59 Å². The summed E-state index contributed by atoms with van der Waals surface area (Å²) in [4.78, 5) is 22.7. The number of aryl methyl sites for hydroxylation is 1. The first-order valence-electron chi connectivity index (χ1n) is 6.28. The van der Waals surface area contributed by atoms with Gasteiger partial charge in [0.05, 0.1) is 5.56 Å². The van der Waals surface area contributed by atoms with E-state index in [1.165, 1.54) is 25.3 Å². The summed E-state index contributed by atoms with van der Waals surface area (Å²) in [6.45, 7) is 1.57. The van der Waals surface area contributed by atoms with Crippen molar-refractivity contribution in [2.24, 2.45) is 0 Å². The van der Waals surface area contributed by atoms with Gasteiger partial charge < -0.3 is 24.5 Å². The molecular weight excluding hydrogens is 292 g/mol. The maximum absolute atomic E-state index is 11.8. The van der Waals surface area contributed by atoms with Crippen LogP contribution < -0.4 is 5.63 Å². The number of aromatic hydroxyl groups is 2. The highest BCUT2D eigenvalue weighted by Gasteiger charge is 2.17. The molecule has 0 aliphatic carbocycles. The average molecular weight is 306 g/mol. The van der Waals surface area contributed by atoms with Crippen molar-refractivity contribution in [1.82, 2.24) is 0 Å². The molecule has 1 aromatic heterocycles. The van der Waals surface area contributed by atoms with Crippen molar-refractivity contribution >= 4 is 22.8 Å². The summed E-state index contributed by atoms with van der Waals surface area (Å²) in [5.41, 5.74) is -0.837. The molecule has 7 heteroatoms. The van der Waals surface area contributed by atoms with Gasteiger partial charge >= 0.3 is 11.6 Å². The van der Waals surface area contributed by atoms with E-state index in [9.17, 15) is 19.8 Å². The van der Waals surface area contributed by atoms with E-state index in [4.69, 9.17) is 14.3 Å². The van der Waals surface area contributed by atoms with Crippen LogP contribution in [0.5, 0.6) is 11.5 Å². The summed E-state index contributed by atoms with van der Waals surface area (Å²) in [7, 11) is 1.21. The van der Waals surface area contributed by atoms with Crippen LogP contribution in [-0.4, -0.2) is 34.5 Å². The summed E-state index contributed by atoms with van der Waals surface area (Å²) >= 11 is 0. The number of rotatable bonds is 4. The molecule has 0 spiro atoms. The molecule has 3 N–H and O–H groups in total. The van der Waals surface area contributed by atoms with E-state index in [-0.39, 0.29) is 16.7 Å². The average Bonchev–Trinajstić information content (AvgIpc) is 2.40. The fourth-order valence-corrected chi connectivity index (χ4v) is 2.07. The van der Waals surface area contributed by atoms with Crippen LogP contribution >= 0.6 is 0 Å². The minimum absolute atomic E-state index is 0.0904. The van der Waals surface area contributed by atoms with Crippen LogP contribution in [0.3, 0.4) is 0 Å². The molecule has 1 heterocycles. The number of carbonyl (C=O) groups is 1. The zero-order valence-electron chi connectivity index (χ0n) is 11.9. The Kier molecular flexibility index (Phi) is 4.18. The monoisotopic (exact) mass is 306 g/mol. The van der Waals surface area contributed by atoms with E-state index in [1.54, 1.807) is 6.92 Å². The van der Waals surface area contributed by atoms with Crippen molar-refractivity contribution in [1.29, 1.82) is 0 Å². The highest BCUT2D eigenvalue weighted by Crippen LogP contribution is 2.35. The third kappa shape index (κ3) is 2.79. The standard InChI is InChI=1S/C15H14O7/c1-7-5-8-6-10(16)9(3-4-11(21-2)14(18)19)13(17)12(8)15(20)22-7/h3-6,11,16-17H,1-2H3,(H,18,19)/t11-/m0/s1. The number of fused-ring (bicyclic) bond motifs is 1. The lowest BCUT2D eigenvalue weighted by Crippen LogP contribution is -2.19. The number of methoxy groups -OCH3 is 1. The number of hydrogen-bond acceptors (Lipinski definition) is 6. The summed E-state index contributed by atoms with van der Waals surface area (Å²) in [6, 6.07) is 2.79. The van der Waals surface area contributed by atoms with Crippen molar-refractivity contribution in [3.05, 3.63) is 40.0 Å². The number of phenols is 2. The topological polar surface area (TPSA) is 117 Å². The Bertz CT molecular complexity index is 817. The number of phenolic OH excluding ortho intramolecular Hbond substituents is 2. The number of ether oxygens (including phenoxy) is 1. The molecule has 0 radical (unpaired) electrons.